The second kappa shape index (κ2) is 45.0. The van der Waals surface area contributed by atoms with Crippen LogP contribution in [0.3, 0.4) is 0 Å². The lowest BCUT2D eigenvalue weighted by molar-refractivity contribution is -0.384. The van der Waals surface area contributed by atoms with Crippen molar-refractivity contribution < 1.29 is 71.4 Å². The van der Waals surface area contributed by atoms with E-state index in [1.165, 1.54) is 49.2 Å². The van der Waals surface area contributed by atoms with E-state index in [0.717, 1.165) is 81.1 Å². The highest BCUT2D eigenvalue weighted by Gasteiger charge is 2.32. The van der Waals surface area contributed by atoms with E-state index >= 15 is 0 Å². The first kappa shape index (κ1) is 96.2. The van der Waals surface area contributed by atoms with Crippen LogP contribution in [0, 0.1) is 47.6 Å². The van der Waals surface area contributed by atoms with Gasteiger partial charge in [0.25, 0.3) is 11.6 Å². The molecule has 0 unspecified atom stereocenters. The summed E-state index contributed by atoms with van der Waals surface area (Å²) in [5, 5.41) is 34.0. The summed E-state index contributed by atoms with van der Waals surface area (Å²) >= 11 is 4.92. The number of nitrogen functional groups attached to an aromatic ring is 2. The molecule has 13 rings (SSSR count). The van der Waals surface area contributed by atoms with Crippen LogP contribution in [0.1, 0.15) is 99.6 Å². The number of benzene rings is 1. The van der Waals surface area contributed by atoms with E-state index in [2.05, 4.69) is 71.2 Å². The van der Waals surface area contributed by atoms with Crippen LogP contribution in [0.2, 0.25) is 0 Å². The average Bonchev–Trinajstić information content (AvgIpc) is 1.42. The average molecular weight is 1720 g/mol. The van der Waals surface area contributed by atoms with Crippen molar-refractivity contribution >= 4 is 87.8 Å². The van der Waals surface area contributed by atoms with Crippen LogP contribution in [0.4, 0.5) is 46.1 Å². The summed E-state index contributed by atoms with van der Waals surface area (Å²) in [6, 6.07) is 12.4. The molecule has 8 aromatic heterocycles. The number of likely N-dealkylation sites (tertiary alicyclic amines) is 3. The lowest BCUT2D eigenvalue weighted by Crippen LogP contribution is -2.39. The minimum absolute atomic E-state index is 0.0157. The number of carboxylic acids is 1. The summed E-state index contributed by atoms with van der Waals surface area (Å²) < 4.78 is 29.3. The molecule has 0 spiro atoms. The largest absolute Gasteiger partial charge is 0.476 e. The summed E-state index contributed by atoms with van der Waals surface area (Å²) in [6.07, 6.45) is 16.2. The number of anilines is 2. The second-order valence-electron chi connectivity index (χ2n) is 31.4. The zero-order valence-corrected chi connectivity index (χ0v) is 72.4. The van der Waals surface area contributed by atoms with Crippen molar-refractivity contribution in [2.24, 2.45) is 29.4 Å². The maximum atomic E-state index is 13.1. The molecule has 9 aromatic rings. The third-order valence-corrected chi connectivity index (χ3v) is 18.5. The number of aromatic nitrogens is 10. The Morgan fingerprint density at radius 1 is 0.590 bits per heavy atom. The first-order valence-corrected chi connectivity index (χ1v) is 39.5. The van der Waals surface area contributed by atoms with Crippen molar-refractivity contribution in [1.29, 1.82) is 0 Å². The zero-order chi connectivity index (χ0) is 89.9. The van der Waals surface area contributed by atoms with Crippen molar-refractivity contribution in [3.63, 3.8) is 0 Å². The molecular weight excluding hydrogens is 1600 g/mol. The van der Waals surface area contributed by atoms with E-state index in [0.29, 0.717) is 91.8 Å². The smallest absolute Gasteiger partial charge is 0.409 e. The molecule has 42 heteroatoms. The molecule has 12 heterocycles. The van der Waals surface area contributed by atoms with Gasteiger partial charge in [0.15, 0.2) is 34.4 Å². The van der Waals surface area contributed by atoms with Gasteiger partial charge in [0.1, 0.15) is 52.2 Å². The lowest BCUT2D eigenvalue weighted by Gasteiger charge is -2.22. The number of carboxylic acid groups (broad SMARTS) is 1. The summed E-state index contributed by atoms with van der Waals surface area (Å²) in [5.41, 5.74) is 21.3. The molecule has 4 aliphatic rings. The number of carbonyl (C=O) groups excluding carboxylic acids is 7. The number of nitro groups is 1. The van der Waals surface area contributed by atoms with Crippen LogP contribution in [0.25, 0.3) is 57.0 Å². The highest BCUT2D eigenvalue weighted by molar-refractivity contribution is 6.61. The van der Waals surface area contributed by atoms with Gasteiger partial charge in [0, 0.05) is 172 Å². The number of rotatable bonds is 15. The Morgan fingerprint density at radius 3 is 1.37 bits per heavy atom. The third kappa shape index (κ3) is 28.9. The first-order chi connectivity index (χ1) is 57.7. The molecule has 0 bridgehead atoms. The Morgan fingerprint density at radius 2 is 1.00 bits per heavy atom. The number of pyridine rings is 2. The highest BCUT2D eigenvalue weighted by atomic mass is 35.5. The zero-order valence-electron chi connectivity index (χ0n) is 71.6. The van der Waals surface area contributed by atoms with Crippen molar-refractivity contribution in [3.05, 3.63) is 131 Å². The SMILES string of the molecule is CC(C)(C)OC(=O)NC[C@@H]1CCNC1.CN(C)C(=O)N1CC[C@@H](CN)C1.CN(C)C(=O)N1CC[C@@H](CNC(=O)OC(C)(C)C)C1.CNC.Cc1cnc2ccc(-c3nc(C(=O)NC[C@@H]4CCN(C(=O)N(C)C)C4)c(N)nc3-c3ncco3)cn12.Cc1cnc2ccc(-c3nc(C(=O)O)c(N)nc3-c3ncco3)cn12.O=C(Cl)Oc1ccc([N+](=O)[O-])cc1. The Hall–Kier alpha value is -12.9. The molecule has 12 N–H and O–H groups in total. The fraction of sp³-hybridized carbons (Fsp3) is 0.475. The molecule has 0 saturated carbocycles. The van der Waals surface area contributed by atoms with E-state index < -0.39 is 39.5 Å². The molecule has 9 amide bonds. The Kier molecular flexibility index (Phi) is 35.5. The highest BCUT2D eigenvalue weighted by Crippen LogP contribution is 2.33. The molecule has 4 saturated heterocycles. The monoisotopic (exact) mass is 1710 g/mol. The summed E-state index contributed by atoms with van der Waals surface area (Å²) in [4.78, 5) is 147. The van der Waals surface area contributed by atoms with Gasteiger partial charge in [-0.3, -0.25) is 14.9 Å². The van der Waals surface area contributed by atoms with Gasteiger partial charge in [0.05, 0.1) is 17.3 Å². The molecule has 4 fully saturated rings. The molecular formula is C80H112ClN25O16. The van der Waals surface area contributed by atoms with Gasteiger partial charge < -0.3 is 110 Å². The summed E-state index contributed by atoms with van der Waals surface area (Å²) in [7, 11) is 14.2. The van der Waals surface area contributed by atoms with Gasteiger partial charge in [-0.05, 0) is 175 Å². The van der Waals surface area contributed by atoms with E-state index in [1.54, 1.807) is 97.5 Å². The minimum Gasteiger partial charge on any atom is -0.476 e. The fourth-order valence-corrected chi connectivity index (χ4v) is 12.6. The van der Waals surface area contributed by atoms with Crippen molar-refractivity contribution in [2.75, 3.05) is 146 Å². The quantitative estimate of drug-likeness (QED) is 0.0263. The predicted octanol–water partition coefficient (Wildman–Crippen LogP) is 8.86. The van der Waals surface area contributed by atoms with Gasteiger partial charge in [-0.25, -0.2) is 73.4 Å². The molecule has 4 atom stereocenters. The molecule has 0 radical (unpaired) electrons. The number of nitrogens with two attached hydrogens (primary N) is 3. The molecule has 122 heavy (non-hydrogen) atoms. The van der Waals surface area contributed by atoms with Gasteiger partial charge in [0.2, 0.25) is 11.8 Å². The number of halogens is 1. The number of aromatic carboxylic acids is 1. The Labute approximate surface area is 711 Å². The molecule has 660 valence electrons. The van der Waals surface area contributed by atoms with Gasteiger partial charge in [-0.15, -0.1) is 0 Å². The van der Waals surface area contributed by atoms with Crippen molar-refractivity contribution in [1.82, 2.24) is 105 Å². The van der Waals surface area contributed by atoms with Crippen LogP contribution in [0.15, 0.2) is 107 Å². The number of imidazole rings is 2. The number of nitro benzene ring substituents is 1. The van der Waals surface area contributed by atoms with E-state index in [4.69, 9.17) is 47.1 Å². The van der Waals surface area contributed by atoms with Gasteiger partial charge >= 0.3 is 41.7 Å². The predicted molar refractivity (Wildman–Crippen MR) is 456 cm³/mol. The number of ether oxygens (including phenoxy) is 3. The normalized spacial score (nSPS) is 15.7. The van der Waals surface area contributed by atoms with Crippen LogP contribution in [0.5, 0.6) is 5.75 Å². The fourth-order valence-electron chi connectivity index (χ4n) is 12.5. The number of fused-ring (bicyclic) bond motifs is 2. The van der Waals surface area contributed by atoms with Gasteiger partial charge in [-0.1, -0.05) is 0 Å². The van der Waals surface area contributed by atoms with Crippen molar-refractivity contribution in [3.8, 4) is 51.4 Å². The molecule has 41 nitrogen and oxygen atoms in total. The number of aryl methyl sites for hydroxylation is 2. The number of nitrogens with zero attached hydrogens (tertiary/aromatic N) is 17. The van der Waals surface area contributed by atoms with Crippen LogP contribution in [-0.4, -0.2) is 282 Å². The maximum Gasteiger partial charge on any atom is 0.409 e. The second-order valence-corrected chi connectivity index (χ2v) is 31.7. The Balaban J connectivity index is 0.000000210. The van der Waals surface area contributed by atoms with Gasteiger partial charge in [-0.2, -0.15) is 0 Å². The number of hydrogen-bond donors (Lipinski definition) is 9. The molecule has 1 aromatic carbocycles. The number of nitrogens with one attached hydrogen (secondary N) is 5. The number of urea groups is 3. The topological polar surface area (TPSA) is 523 Å². The first-order valence-electron chi connectivity index (χ1n) is 39.2. The number of hydrogen-bond acceptors (Lipinski definition) is 28. The third-order valence-electron chi connectivity index (χ3n) is 18.4. The van der Waals surface area contributed by atoms with E-state index in [-0.39, 0.29) is 82.0 Å². The van der Waals surface area contributed by atoms with Crippen LogP contribution < -0.4 is 48.5 Å². The number of non-ortho nitro benzene ring substituents is 1. The van der Waals surface area contributed by atoms with E-state index in [9.17, 15) is 53.6 Å². The number of oxazole rings is 2. The van der Waals surface area contributed by atoms with Crippen LogP contribution >= 0.6 is 11.6 Å². The molecule has 0 aliphatic carbocycles. The standard InChI is InChI=1S/C24H27N9O3.C16H12N6O3.C13H25N3O3.C10H20N2O2.C8H17N3O.C7H4ClNO4.C2H7N/c1-14-10-27-17-5-4-16(13-33(14)17)18-19(23-26-7-9-36-23)30-21(25)20(29-18)22(34)28-11-15-6-8-32(12-15)24(35)31(2)3;1-8-6-19-10-3-2-9(7-22(8)10)11-12(15-18-4-5-25-15)21-14(17)13(20-11)16(23)24;1-13(2,3)19-11(17)14-8-10-6-7-16(9-10)12(18)15(4)5;1-10(2,3)14-9(13)12-7-8-4-5-11-6-8;1-10(2)8(12)11-4-3-7(5-9)6-11;8-7(10)13-6-3-1-5(2-4-6)9(11)12;1-3-2/h4-5,7,9-10,13,15H,6,8,11-12H2,1-3H3,(H2,25,30)(H,28,34);2-7H,1H3,(H2,17,21)(H,23,24);10H,6-9H2,1-5H3,(H,14,17);8,11H,4-7H2,1-3H3,(H,12,13);7H,3-6,9H2,1-2H3;1-4H;3H,1-2H3/t15-;;10-;8-;7-;;/m0.010../s1. The van der Waals surface area contributed by atoms with Crippen molar-refractivity contribution in [2.45, 2.75) is 92.3 Å². The summed E-state index contributed by atoms with van der Waals surface area (Å²) in [6.45, 7) is 23.7. The van der Waals surface area contributed by atoms with E-state index in [1.807, 2.05) is 102 Å². The number of carbonyl (C=O) groups is 8. The lowest BCUT2D eigenvalue weighted by atomic mass is 10.1. The van der Waals surface area contributed by atoms with Crippen LogP contribution in [-0.2, 0) is 9.47 Å². The summed E-state index contributed by atoms with van der Waals surface area (Å²) in [5.74, 6) is 0.207. The maximum absolute atomic E-state index is 13.1. The minimum atomic E-state index is -1.26. The number of alkyl carbamates (subject to hydrolysis) is 2. The Bertz CT molecular complexity index is 4990. The number of amides is 9. The molecule has 4 aliphatic heterocycles.